The average Bonchev–Trinajstić information content (AvgIpc) is 2.53. The molecule has 1 aliphatic rings. The molecule has 1 aromatic carbocycles. The van der Waals surface area contributed by atoms with Crippen molar-refractivity contribution in [1.82, 2.24) is 9.21 Å². The number of hydrogen-bond donors (Lipinski definition) is 1. The lowest BCUT2D eigenvalue weighted by molar-refractivity contribution is -0.132. The van der Waals surface area contributed by atoms with E-state index >= 15 is 0 Å². The van der Waals surface area contributed by atoms with Gasteiger partial charge in [0.25, 0.3) is 0 Å². The molecule has 23 heavy (non-hydrogen) atoms. The van der Waals surface area contributed by atoms with Crippen LogP contribution in [0.4, 0.5) is 0 Å². The van der Waals surface area contributed by atoms with Crippen molar-refractivity contribution >= 4 is 28.3 Å². The van der Waals surface area contributed by atoms with E-state index in [0.717, 1.165) is 5.56 Å². The monoisotopic (exact) mass is 361 g/mol. The highest BCUT2D eigenvalue weighted by Crippen LogP contribution is 2.14. The van der Waals surface area contributed by atoms with Gasteiger partial charge in [0, 0.05) is 32.6 Å². The SMILES string of the molecule is Cl.NCCCC(=O)N1CCN(S(=O)(=O)Cc2ccccc2)CC1. The zero-order chi connectivity index (χ0) is 16.0. The van der Waals surface area contributed by atoms with Gasteiger partial charge in [-0.1, -0.05) is 30.3 Å². The minimum atomic E-state index is -3.33. The molecular formula is C15H24ClN3O3S. The fourth-order valence-corrected chi connectivity index (χ4v) is 4.02. The number of sulfonamides is 1. The molecule has 0 unspecified atom stereocenters. The molecule has 2 rings (SSSR count). The number of hydrogen-bond acceptors (Lipinski definition) is 4. The van der Waals surface area contributed by atoms with Gasteiger partial charge in [-0.3, -0.25) is 4.79 Å². The highest BCUT2D eigenvalue weighted by Gasteiger charge is 2.28. The Kier molecular flexibility index (Phi) is 7.98. The molecule has 0 atom stereocenters. The van der Waals surface area contributed by atoms with Crippen LogP contribution < -0.4 is 5.73 Å². The summed E-state index contributed by atoms with van der Waals surface area (Å²) in [6.45, 7) is 2.14. The lowest BCUT2D eigenvalue weighted by atomic mass is 10.2. The molecule has 0 bridgehead atoms. The van der Waals surface area contributed by atoms with Crippen molar-refractivity contribution in [3.63, 3.8) is 0 Å². The first-order valence-corrected chi connectivity index (χ1v) is 9.13. The van der Waals surface area contributed by atoms with Gasteiger partial charge in [-0.15, -0.1) is 12.4 Å². The third-order valence-corrected chi connectivity index (χ3v) is 5.62. The normalized spacial score (nSPS) is 16.0. The predicted molar refractivity (Wildman–Crippen MR) is 92.8 cm³/mol. The number of carbonyl (C=O) groups is 1. The molecule has 1 aliphatic heterocycles. The summed E-state index contributed by atoms with van der Waals surface area (Å²) in [5, 5.41) is 0. The van der Waals surface area contributed by atoms with Crippen molar-refractivity contribution in [3.8, 4) is 0 Å². The second kappa shape index (κ2) is 9.22. The zero-order valence-corrected chi connectivity index (χ0v) is 14.7. The van der Waals surface area contributed by atoms with E-state index in [9.17, 15) is 13.2 Å². The minimum absolute atomic E-state index is 0. The Morgan fingerprint density at radius 1 is 1.09 bits per heavy atom. The summed E-state index contributed by atoms with van der Waals surface area (Å²) < 4.78 is 26.3. The Balaban J connectivity index is 0.00000264. The number of carbonyl (C=O) groups excluding carboxylic acids is 1. The summed E-state index contributed by atoms with van der Waals surface area (Å²) in [6, 6.07) is 9.15. The Morgan fingerprint density at radius 3 is 2.26 bits per heavy atom. The maximum atomic E-state index is 12.4. The van der Waals surface area contributed by atoms with E-state index in [-0.39, 0.29) is 24.1 Å². The van der Waals surface area contributed by atoms with Crippen molar-refractivity contribution in [2.75, 3.05) is 32.7 Å². The van der Waals surface area contributed by atoms with Gasteiger partial charge in [-0.05, 0) is 18.5 Å². The van der Waals surface area contributed by atoms with Crippen LogP contribution in [0.2, 0.25) is 0 Å². The fraction of sp³-hybridized carbons (Fsp3) is 0.533. The molecule has 1 aromatic rings. The highest BCUT2D eigenvalue weighted by atomic mass is 35.5. The van der Waals surface area contributed by atoms with Crippen LogP contribution in [-0.2, 0) is 20.6 Å². The summed E-state index contributed by atoms with van der Waals surface area (Å²) in [5.74, 6) is 0.0696. The quantitative estimate of drug-likeness (QED) is 0.813. The summed E-state index contributed by atoms with van der Waals surface area (Å²) in [6.07, 6.45) is 1.11. The number of amides is 1. The summed E-state index contributed by atoms with van der Waals surface area (Å²) in [7, 11) is -3.33. The van der Waals surface area contributed by atoms with Gasteiger partial charge in [0.15, 0.2) is 0 Å². The summed E-state index contributed by atoms with van der Waals surface area (Å²) >= 11 is 0. The molecule has 8 heteroatoms. The maximum absolute atomic E-state index is 12.4. The number of nitrogens with two attached hydrogens (primary N) is 1. The van der Waals surface area contributed by atoms with E-state index in [4.69, 9.17) is 5.73 Å². The second-order valence-corrected chi connectivity index (χ2v) is 7.38. The molecule has 0 spiro atoms. The first kappa shape index (κ1) is 19.9. The minimum Gasteiger partial charge on any atom is -0.340 e. The molecule has 2 N–H and O–H groups in total. The van der Waals surface area contributed by atoms with Crippen LogP contribution in [0.5, 0.6) is 0 Å². The highest BCUT2D eigenvalue weighted by molar-refractivity contribution is 7.88. The number of halogens is 1. The first-order valence-electron chi connectivity index (χ1n) is 7.52. The van der Waals surface area contributed by atoms with E-state index in [2.05, 4.69) is 0 Å². The molecule has 130 valence electrons. The van der Waals surface area contributed by atoms with Gasteiger partial charge in [-0.25, -0.2) is 8.42 Å². The third-order valence-electron chi connectivity index (χ3n) is 3.77. The maximum Gasteiger partial charge on any atom is 0.222 e. The summed E-state index contributed by atoms with van der Waals surface area (Å²) in [4.78, 5) is 13.6. The van der Waals surface area contributed by atoms with Gasteiger partial charge < -0.3 is 10.6 Å². The molecule has 1 saturated heterocycles. The third kappa shape index (κ3) is 5.76. The number of piperazine rings is 1. The predicted octanol–water partition coefficient (Wildman–Crippen LogP) is 0.821. The smallest absolute Gasteiger partial charge is 0.222 e. The molecule has 1 fully saturated rings. The van der Waals surface area contributed by atoms with Gasteiger partial charge in [0.1, 0.15) is 0 Å². The number of benzene rings is 1. The van der Waals surface area contributed by atoms with Crippen molar-refractivity contribution in [3.05, 3.63) is 35.9 Å². The van der Waals surface area contributed by atoms with Crippen LogP contribution in [0.1, 0.15) is 18.4 Å². The van der Waals surface area contributed by atoms with Gasteiger partial charge in [0.05, 0.1) is 5.75 Å². The molecule has 1 amide bonds. The molecule has 1 heterocycles. The largest absolute Gasteiger partial charge is 0.340 e. The average molecular weight is 362 g/mol. The van der Waals surface area contributed by atoms with Crippen LogP contribution in [0.3, 0.4) is 0 Å². The lowest BCUT2D eigenvalue weighted by Gasteiger charge is -2.34. The molecule has 0 aromatic heterocycles. The molecule has 0 radical (unpaired) electrons. The van der Waals surface area contributed by atoms with E-state index in [1.165, 1.54) is 4.31 Å². The Hall–Kier alpha value is -1.15. The molecular weight excluding hydrogens is 338 g/mol. The van der Waals surface area contributed by atoms with Gasteiger partial charge >= 0.3 is 0 Å². The molecule has 0 aliphatic carbocycles. The topological polar surface area (TPSA) is 83.7 Å². The first-order chi connectivity index (χ1) is 10.5. The Labute approximate surface area is 144 Å². The Morgan fingerprint density at radius 2 is 1.70 bits per heavy atom. The zero-order valence-electron chi connectivity index (χ0n) is 13.1. The summed E-state index contributed by atoms with van der Waals surface area (Å²) in [5.41, 5.74) is 6.18. The fourth-order valence-electron chi connectivity index (χ4n) is 2.50. The molecule has 6 nitrogen and oxygen atoms in total. The van der Waals surface area contributed by atoms with Crippen molar-refractivity contribution in [1.29, 1.82) is 0 Å². The second-order valence-electron chi connectivity index (χ2n) is 5.41. The van der Waals surface area contributed by atoms with E-state index in [0.29, 0.717) is 45.6 Å². The van der Waals surface area contributed by atoms with Crippen LogP contribution in [0.15, 0.2) is 30.3 Å². The van der Waals surface area contributed by atoms with Crippen LogP contribution >= 0.6 is 12.4 Å². The van der Waals surface area contributed by atoms with E-state index in [1.807, 2.05) is 30.3 Å². The van der Waals surface area contributed by atoms with Crippen LogP contribution in [0.25, 0.3) is 0 Å². The van der Waals surface area contributed by atoms with E-state index < -0.39 is 10.0 Å². The standard InChI is InChI=1S/C15H23N3O3S.ClH/c16-8-4-7-15(19)17-9-11-18(12-10-17)22(20,21)13-14-5-2-1-3-6-14;/h1-3,5-6H,4,7-13,16H2;1H. The number of nitrogens with zero attached hydrogens (tertiary/aromatic N) is 2. The number of rotatable bonds is 6. The van der Waals surface area contributed by atoms with E-state index in [1.54, 1.807) is 4.90 Å². The Bertz CT molecular complexity index is 587. The van der Waals surface area contributed by atoms with Crippen molar-refractivity contribution in [2.45, 2.75) is 18.6 Å². The van der Waals surface area contributed by atoms with Crippen LogP contribution in [0, 0.1) is 0 Å². The van der Waals surface area contributed by atoms with Crippen molar-refractivity contribution in [2.24, 2.45) is 5.73 Å². The lowest BCUT2D eigenvalue weighted by Crippen LogP contribution is -2.50. The van der Waals surface area contributed by atoms with Gasteiger partial charge in [0.2, 0.25) is 15.9 Å². The van der Waals surface area contributed by atoms with Gasteiger partial charge in [-0.2, -0.15) is 4.31 Å². The molecule has 0 saturated carbocycles. The van der Waals surface area contributed by atoms with Crippen LogP contribution in [-0.4, -0.2) is 56.3 Å². The van der Waals surface area contributed by atoms with Crippen molar-refractivity contribution < 1.29 is 13.2 Å².